The molecule has 0 aromatic heterocycles. The summed E-state index contributed by atoms with van der Waals surface area (Å²) in [5.41, 5.74) is 1.83. The summed E-state index contributed by atoms with van der Waals surface area (Å²) in [7, 11) is 0. The summed E-state index contributed by atoms with van der Waals surface area (Å²) in [5, 5.41) is 3.73. The second-order valence-electron chi connectivity index (χ2n) is 5.95. The van der Waals surface area contributed by atoms with E-state index in [1.165, 1.54) is 0 Å². The molecule has 5 nitrogen and oxygen atoms in total. The molecule has 1 amide bonds. The summed E-state index contributed by atoms with van der Waals surface area (Å²) in [5.74, 6) is 1.38. The van der Waals surface area contributed by atoms with Crippen LogP contribution < -0.4 is 19.5 Å². The smallest absolute Gasteiger partial charge is 0.258 e. The molecule has 0 saturated heterocycles. The number of nitrogens with one attached hydrogen (secondary N) is 1. The fourth-order valence-electron chi connectivity index (χ4n) is 2.50. The number of carbonyl (C=O) groups is 1. The summed E-state index contributed by atoms with van der Waals surface area (Å²) in [4.78, 5) is 12.0. The first-order valence-corrected chi connectivity index (χ1v) is 9.02. The molecule has 26 heavy (non-hydrogen) atoms. The molecule has 0 aliphatic carbocycles. The molecular weight excluding hydrogens is 377 g/mol. The number of hydrogen-bond acceptors (Lipinski definition) is 4. The van der Waals surface area contributed by atoms with Crippen molar-refractivity contribution in [3.05, 3.63) is 51.5 Å². The summed E-state index contributed by atoms with van der Waals surface area (Å²) in [6, 6.07) is 8.99. The first-order chi connectivity index (χ1) is 12.5. The van der Waals surface area contributed by atoms with Gasteiger partial charge in [0.1, 0.15) is 5.75 Å². The molecule has 0 atom stereocenters. The van der Waals surface area contributed by atoms with E-state index in [0.717, 1.165) is 17.5 Å². The molecule has 138 valence electrons. The second-order valence-corrected chi connectivity index (χ2v) is 6.77. The second kappa shape index (κ2) is 8.52. The van der Waals surface area contributed by atoms with Crippen molar-refractivity contribution in [3.8, 4) is 17.2 Å². The van der Waals surface area contributed by atoms with Gasteiger partial charge in [-0.25, -0.2) is 0 Å². The van der Waals surface area contributed by atoms with E-state index in [2.05, 4.69) is 5.32 Å². The van der Waals surface area contributed by atoms with E-state index in [4.69, 9.17) is 37.4 Å². The number of rotatable bonds is 5. The number of halogens is 2. The van der Waals surface area contributed by atoms with Gasteiger partial charge >= 0.3 is 0 Å². The lowest BCUT2D eigenvalue weighted by molar-refractivity contribution is -0.123. The minimum absolute atomic E-state index is 0.124. The van der Waals surface area contributed by atoms with Crippen molar-refractivity contribution >= 4 is 29.1 Å². The van der Waals surface area contributed by atoms with Crippen LogP contribution in [0, 0.1) is 6.92 Å². The molecular formula is C19H19Cl2NO4. The molecule has 2 aromatic rings. The van der Waals surface area contributed by atoms with E-state index < -0.39 is 0 Å². The van der Waals surface area contributed by atoms with E-state index in [0.29, 0.717) is 47.1 Å². The largest absolute Gasteiger partial charge is 0.489 e. The highest BCUT2D eigenvalue weighted by molar-refractivity contribution is 6.32. The van der Waals surface area contributed by atoms with Gasteiger partial charge in [0.05, 0.1) is 23.3 Å². The van der Waals surface area contributed by atoms with Gasteiger partial charge in [0.25, 0.3) is 5.91 Å². The Morgan fingerprint density at radius 3 is 2.81 bits per heavy atom. The Morgan fingerprint density at radius 2 is 1.96 bits per heavy atom. The van der Waals surface area contributed by atoms with Crippen LogP contribution in [0.15, 0.2) is 30.3 Å². The lowest BCUT2D eigenvalue weighted by atomic mass is 10.2. The van der Waals surface area contributed by atoms with Crippen molar-refractivity contribution in [1.29, 1.82) is 0 Å². The highest BCUT2D eigenvalue weighted by Crippen LogP contribution is 2.37. The zero-order chi connectivity index (χ0) is 18.5. The van der Waals surface area contributed by atoms with Gasteiger partial charge < -0.3 is 19.5 Å². The maximum atomic E-state index is 12.0. The van der Waals surface area contributed by atoms with Gasteiger partial charge in [-0.05, 0) is 42.3 Å². The molecule has 0 radical (unpaired) electrons. The van der Waals surface area contributed by atoms with Crippen LogP contribution in [0.25, 0.3) is 0 Å². The zero-order valence-corrected chi connectivity index (χ0v) is 15.8. The predicted molar refractivity (Wildman–Crippen MR) is 101 cm³/mol. The van der Waals surface area contributed by atoms with E-state index in [9.17, 15) is 4.79 Å². The Labute approximate surface area is 162 Å². The molecule has 0 spiro atoms. The van der Waals surface area contributed by atoms with Crippen molar-refractivity contribution in [1.82, 2.24) is 5.32 Å². The summed E-state index contributed by atoms with van der Waals surface area (Å²) in [6.45, 7) is 3.25. The molecule has 0 unspecified atom stereocenters. The van der Waals surface area contributed by atoms with Crippen LogP contribution in [0.4, 0.5) is 0 Å². The third-order valence-electron chi connectivity index (χ3n) is 3.80. The summed E-state index contributed by atoms with van der Waals surface area (Å²) >= 11 is 12.3. The van der Waals surface area contributed by atoms with E-state index in [1.54, 1.807) is 18.2 Å². The van der Waals surface area contributed by atoms with Gasteiger partial charge in [0, 0.05) is 13.0 Å². The van der Waals surface area contributed by atoms with Crippen LogP contribution in [0.1, 0.15) is 17.5 Å². The lowest BCUT2D eigenvalue weighted by Crippen LogP contribution is -2.28. The minimum atomic E-state index is -0.259. The first kappa shape index (κ1) is 18.7. The molecule has 1 heterocycles. The summed E-state index contributed by atoms with van der Waals surface area (Å²) < 4.78 is 16.7. The Balaban J connectivity index is 1.57. The van der Waals surface area contributed by atoms with Crippen molar-refractivity contribution in [3.63, 3.8) is 0 Å². The molecule has 0 saturated carbocycles. The van der Waals surface area contributed by atoms with Crippen molar-refractivity contribution in [2.75, 3.05) is 19.8 Å². The predicted octanol–water partition coefficient (Wildman–Crippen LogP) is 4.16. The van der Waals surface area contributed by atoms with Gasteiger partial charge in [0.2, 0.25) is 0 Å². The topological polar surface area (TPSA) is 56.8 Å². The van der Waals surface area contributed by atoms with Crippen LogP contribution in [-0.2, 0) is 11.3 Å². The molecule has 7 heteroatoms. The van der Waals surface area contributed by atoms with Gasteiger partial charge in [-0.15, -0.1) is 0 Å². The van der Waals surface area contributed by atoms with Gasteiger partial charge in [-0.3, -0.25) is 4.79 Å². The third-order valence-corrected chi connectivity index (χ3v) is 4.39. The fourth-order valence-corrected chi connectivity index (χ4v) is 2.96. The first-order valence-electron chi connectivity index (χ1n) is 8.26. The Kier molecular flexibility index (Phi) is 6.12. The maximum absolute atomic E-state index is 12.0. The van der Waals surface area contributed by atoms with E-state index in [1.807, 2.05) is 19.1 Å². The Hall–Kier alpha value is -2.11. The van der Waals surface area contributed by atoms with Crippen LogP contribution in [-0.4, -0.2) is 25.7 Å². The zero-order valence-electron chi connectivity index (χ0n) is 14.3. The monoisotopic (exact) mass is 395 g/mol. The van der Waals surface area contributed by atoms with Gasteiger partial charge in [-0.1, -0.05) is 29.3 Å². The molecule has 3 rings (SSSR count). The number of aryl methyl sites for hydroxylation is 1. The van der Waals surface area contributed by atoms with Crippen molar-refractivity contribution in [2.45, 2.75) is 19.9 Å². The molecule has 0 bridgehead atoms. The molecule has 0 fully saturated rings. The maximum Gasteiger partial charge on any atom is 0.258 e. The molecule has 1 aliphatic heterocycles. The third kappa shape index (κ3) is 4.74. The van der Waals surface area contributed by atoms with Crippen molar-refractivity contribution < 1.29 is 19.0 Å². The standard InChI is InChI=1S/C19H19Cl2NO4/c1-12-3-4-14(20)16(7-12)26-11-18(23)22-10-13-8-15(21)19-17(9-13)24-5-2-6-25-19/h3-4,7-9H,2,5-6,10-11H2,1H3,(H,22,23). The average Bonchev–Trinajstić information content (AvgIpc) is 2.86. The lowest BCUT2D eigenvalue weighted by Gasteiger charge is -2.13. The summed E-state index contributed by atoms with van der Waals surface area (Å²) in [6.07, 6.45) is 0.802. The van der Waals surface area contributed by atoms with E-state index >= 15 is 0 Å². The quantitative estimate of drug-likeness (QED) is 0.825. The average molecular weight is 396 g/mol. The molecule has 1 aliphatic rings. The Bertz CT molecular complexity index is 810. The van der Waals surface area contributed by atoms with Gasteiger partial charge in [0.15, 0.2) is 18.1 Å². The SMILES string of the molecule is Cc1ccc(Cl)c(OCC(=O)NCc2cc(Cl)c3c(c2)OCCCO3)c1. The number of fused-ring (bicyclic) bond motifs is 1. The fraction of sp³-hybridized carbons (Fsp3) is 0.316. The number of amides is 1. The Morgan fingerprint density at radius 1 is 1.15 bits per heavy atom. The van der Waals surface area contributed by atoms with E-state index in [-0.39, 0.29) is 12.5 Å². The number of ether oxygens (including phenoxy) is 3. The number of hydrogen-bond donors (Lipinski definition) is 1. The minimum Gasteiger partial charge on any atom is -0.489 e. The normalized spacial score (nSPS) is 13.0. The highest BCUT2D eigenvalue weighted by atomic mass is 35.5. The van der Waals surface area contributed by atoms with Crippen LogP contribution in [0.2, 0.25) is 10.0 Å². The molecule has 1 N–H and O–H groups in total. The number of benzene rings is 2. The van der Waals surface area contributed by atoms with Gasteiger partial charge in [-0.2, -0.15) is 0 Å². The molecule has 2 aromatic carbocycles. The van der Waals surface area contributed by atoms with Crippen LogP contribution >= 0.6 is 23.2 Å². The van der Waals surface area contributed by atoms with Crippen molar-refractivity contribution in [2.24, 2.45) is 0 Å². The van der Waals surface area contributed by atoms with Crippen LogP contribution in [0.5, 0.6) is 17.2 Å². The van der Waals surface area contributed by atoms with Crippen LogP contribution in [0.3, 0.4) is 0 Å². The number of carbonyl (C=O) groups excluding carboxylic acids is 1. The highest BCUT2D eigenvalue weighted by Gasteiger charge is 2.16.